The van der Waals surface area contributed by atoms with E-state index >= 15 is 0 Å². The van der Waals surface area contributed by atoms with Crippen molar-refractivity contribution in [2.24, 2.45) is 0 Å². The summed E-state index contributed by atoms with van der Waals surface area (Å²) in [6.07, 6.45) is 0.722. The average Bonchev–Trinajstić information content (AvgIpc) is 2.69. The number of carbonyl (C=O) groups excluding carboxylic acids is 4. The van der Waals surface area contributed by atoms with Crippen LogP contribution in [0.2, 0.25) is 0 Å². The van der Waals surface area contributed by atoms with Gasteiger partial charge >= 0.3 is 6.09 Å². The van der Waals surface area contributed by atoms with Gasteiger partial charge in [0, 0.05) is 18.2 Å². The van der Waals surface area contributed by atoms with E-state index in [-0.39, 0.29) is 22.9 Å². The highest BCUT2D eigenvalue weighted by molar-refractivity contribution is 8.04. The molecule has 0 bridgehead atoms. The number of hydrogen-bond acceptors (Lipinski definition) is 6. The number of ketones is 1. The summed E-state index contributed by atoms with van der Waals surface area (Å²) in [5.41, 5.74) is -0.669. The second-order valence-corrected chi connectivity index (χ2v) is 6.72. The van der Waals surface area contributed by atoms with Crippen LogP contribution in [-0.2, 0) is 19.1 Å². The van der Waals surface area contributed by atoms with Gasteiger partial charge in [-0.1, -0.05) is 6.92 Å². The average molecular weight is 328 g/mol. The molecule has 0 saturated heterocycles. The number of carbonyl (C=O) groups is 4. The maximum absolute atomic E-state index is 11.9. The molecule has 1 atom stereocenters. The monoisotopic (exact) mass is 328 g/mol. The summed E-state index contributed by atoms with van der Waals surface area (Å²) in [6, 6.07) is -0.783. The third-order valence-corrected chi connectivity index (χ3v) is 3.67. The van der Waals surface area contributed by atoms with Crippen LogP contribution in [0, 0.1) is 0 Å². The summed E-state index contributed by atoms with van der Waals surface area (Å²) in [5.74, 6) is -0.997. The van der Waals surface area contributed by atoms with Crippen molar-refractivity contribution in [1.82, 2.24) is 10.6 Å². The Balaban J connectivity index is 2.64. The molecule has 1 heterocycles. The van der Waals surface area contributed by atoms with Gasteiger partial charge in [-0.15, -0.1) is 11.8 Å². The van der Waals surface area contributed by atoms with Crippen molar-refractivity contribution < 1.29 is 23.9 Å². The summed E-state index contributed by atoms with van der Waals surface area (Å²) >= 11 is 1.04. The third kappa shape index (κ3) is 5.88. The van der Waals surface area contributed by atoms with Crippen molar-refractivity contribution in [2.75, 3.05) is 5.75 Å². The molecule has 2 N–H and O–H groups in total. The maximum atomic E-state index is 11.9. The van der Waals surface area contributed by atoms with E-state index in [0.717, 1.165) is 11.8 Å². The lowest BCUT2D eigenvalue weighted by Gasteiger charge is -2.22. The molecule has 1 aliphatic heterocycles. The summed E-state index contributed by atoms with van der Waals surface area (Å²) in [7, 11) is 0. The predicted molar refractivity (Wildman–Crippen MR) is 82.1 cm³/mol. The predicted octanol–water partition coefficient (Wildman–Crippen LogP) is 1.13. The van der Waals surface area contributed by atoms with Crippen molar-refractivity contribution >= 4 is 35.5 Å². The van der Waals surface area contributed by atoms with Crippen LogP contribution in [0.1, 0.15) is 34.1 Å². The molecule has 0 aromatic carbocycles. The number of amides is 3. The second kappa shape index (κ2) is 7.44. The Morgan fingerprint density at radius 1 is 1.36 bits per heavy atom. The quantitative estimate of drug-likeness (QED) is 0.709. The molecule has 3 amide bonds. The van der Waals surface area contributed by atoms with Gasteiger partial charge in [0.2, 0.25) is 0 Å². The topological polar surface area (TPSA) is 102 Å². The number of nitrogens with one attached hydrogen (secondary N) is 2. The molecule has 0 fully saturated rings. The Morgan fingerprint density at radius 2 is 2.00 bits per heavy atom. The van der Waals surface area contributed by atoms with E-state index in [4.69, 9.17) is 4.74 Å². The Labute approximate surface area is 133 Å². The van der Waals surface area contributed by atoms with Gasteiger partial charge in [-0.05, 0) is 20.8 Å². The largest absolute Gasteiger partial charge is 0.444 e. The minimum Gasteiger partial charge on any atom is -0.444 e. The Morgan fingerprint density at radius 3 is 2.45 bits per heavy atom. The van der Waals surface area contributed by atoms with Crippen LogP contribution >= 0.6 is 11.8 Å². The van der Waals surface area contributed by atoms with Gasteiger partial charge in [-0.3, -0.25) is 19.7 Å². The zero-order chi connectivity index (χ0) is 16.9. The maximum Gasteiger partial charge on any atom is 0.408 e. The van der Waals surface area contributed by atoms with Crippen LogP contribution in [0.3, 0.4) is 0 Å². The van der Waals surface area contributed by atoms with E-state index in [0.29, 0.717) is 0 Å². The van der Waals surface area contributed by atoms with E-state index in [1.807, 2.05) is 0 Å². The zero-order valence-electron chi connectivity index (χ0n) is 13.0. The fourth-order valence-corrected chi connectivity index (χ4v) is 2.57. The zero-order valence-corrected chi connectivity index (χ0v) is 13.8. The van der Waals surface area contributed by atoms with E-state index in [1.54, 1.807) is 27.7 Å². The van der Waals surface area contributed by atoms with Gasteiger partial charge in [0.15, 0.2) is 5.78 Å². The van der Waals surface area contributed by atoms with E-state index < -0.39 is 29.6 Å². The molecule has 0 unspecified atom stereocenters. The van der Waals surface area contributed by atoms with E-state index in [2.05, 4.69) is 10.6 Å². The molecule has 0 spiro atoms. The molecule has 7 nitrogen and oxygen atoms in total. The fourth-order valence-electron chi connectivity index (χ4n) is 1.59. The fraction of sp³-hybridized carbons (Fsp3) is 0.571. The van der Waals surface area contributed by atoms with Crippen molar-refractivity contribution in [2.45, 2.75) is 45.8 Å². The number of thioether (sulfide) groups is 1. The first-order valence-electron chi connectivity index (χ1n) is 6.84. The van der Waals surface area contributed by atoms with Crippen LogP contribution in [0.25, 0.3) is 0 Å². The highest BCUT2D eigenvalue weighted by atomic mass is 32.2. The number of ether oxygens (including phenoxy) is 1. The Kier molecular flexibility index (Phi) is 6.16. The molecule has 0 aromatic rings. The molecule has 0 radical (unpaired) electrons. The van der Waals surface area contributed by atoms with Crippen molar-refractivity contribution in [1.29, 1.82) is 0 Å². The SMILES string of the molecule is CCC(=O)[C@H](CSC1=CC(=O)NC1=O)NC(=O)OC(C)(C)C. The molecule has 0 aromatic heterocycles. The Hall–Kier alpha value is -1.83. The molecule has 1 rings (SSSR count). The first-order valence-corrected chi connectivity index (χ1v) is 7.83. The van der Waals surface area contributed by atoms with Crippen LogP contribution in [0.5, 0.6) is 0 Å². The molecule has 0 saturated carbocycles. The molecule has 122 valence electrons. The van der Waals surface area contributed by atoms with Gasteiger partial charge in [-0.2, -0.15) is 0 Å². The summed E-state index contributed by atoms with van der Waals surface area (Å²) < 4.78 is 5.11. The summed E-state index contributed by atoms with van der Waals surface area (Å²) in [6.45, 7) is 6.84. The summed E-state index contributed by atoms with van der Waals surface area (Å²) in [5, 5.41) is 4.62. The van der Waals surface area contributed by atoms with Gasteiger partial charge in [0.1, 0.15) is 11.6 Å². The third-order valence-electron chi connectivity index (χ3n) is 2.56. The second-order valence-electron chi connectivity index (χ2n) is 5.66. The minimum atomic E-state index is -0.783. The van der Waals surface area contributed by atoms with Gasteiger partial charge in [0.05, 0.1) is 4.91 Å². The molecular weight excluding hydrogens is 308 g/mol. The lowest BCUT2D eigenvalue weighted by atomic mass is 10.2. The van der Waals surface area contributed by atoms with Gasteiger partial charge < -0.3 is 10.1 Å². The van der Waals surface area contributed by atoms with Gasteiger partial charge in [-0.25, -0.2) is 4.79 Å². The van der Waals surface area contributed by atoms with Crippen molar-refractivity contribution in [3.05, 3.63) is 11.0 Å². The molecule has 22 heavy (non-hydrogen) atoms. The van der Waals surface area contributed by atoms with Crippen LogP contribution in [-0.4, -0.2) is 41.1 Å². The van der Waals surface area contributed by atoms with E-state index in [1.165, 1.54) is 6.08 Å². The molecule has 1 aliphatic rings. The van der Waals surface area contributed by atoms with Crippen molar-refractivity contribution in [3.8, 4) is 0 Å². The number of rotatable bonds is 6. The standard InChI is InChI=1S/C14H20N2O5S/c1-5-9(17)8(15-13(20)21-14(2,3)4)7-22-10-6-11(18)16-12(10)19/h6,8H,5,7H2,1-4H3,(H,15,20)(H,16,18,19)/t8-/m0/s1. The molecular formula is C14H20N2O5S. The van der Waals surface area contributed by atoms with Crippen molar-refractivity contribution in [3.63, 3.8) is 0 Å². The normalized spacial score (nSPS) is 15.9. The van der Waals surface area contributed by atoms with Crippen LogP contribution < -0.4 is 10.6 Å². The summed E-state index contributed by atoms with van der Waals surface area (Å²) in [4.78, 5) is 46.4. The first-order chi connectivity index (χ1) is 10.1. The first kappa shape index (κ1) is 18.2. The Bertz CT molecular complexity index is 522. The minimum absolute atomic E-state index is 0.151. The number of alkyl carbamates (subject to hydrolysis) is 1. The number of hydrogen-bond donors (Lipinski definition) is 2. The lowest BCUT2D eigenvalue weighted by Crippen LogP contribution is -2.44. The lowest BCUT2D eigenvalue weighted by molar-refractivity contribution is -0.123. The van der Waals surface area contributed by atoms with E-state index in [9.17, 15) is 19.2 Å². The smallest absolute Gasteiger partial charge is 0.408 e. The van der Waals surface area contributed by atoms with Crippen LogP contribution in [0.15, 0.2) is 11.0 Å². The highest BCUT2D eigenvalue weighted by Crippen LogP contribution is 2.20. The van der Waals surface area contributed by atoms with Gasteiger partial charge in [0.25, 0.3) is 11.8 Å². The molecule has 0 aliphatic carbocycles. The number of imide groups is 1. The number of Topliss-reactive ketones (excluding diaryl/α,β-unsaturated/α-hetero) is 1. The van der Waals surface area contributed by atoms with Crippen LogP contribution in [0.4, 0.5) is 4.79 Å². The highest BCUT2D eigenvalue weighted by Gasteiger charge is 2.26. The molecule has 8 heteroatoms.